The summed E-state index contributed by atoms with van der Waals surface area (Å²) in [6.45, 7) is 0. The number of rotatable bonds is 5. The molecular weight excluding hydrogens is 358 g/mol. The predicted octanol–water partition coefficient (Wildman–Crippen LogP) is 4.24. The molecule has 3 aromatic rings. The summed E-state index contributed by atoms with van der Waals surface area (Å²) in [5.41, 5.74) is 4.63. The van der Waals surface area contributed by atoms with E-state index < -0.39 is 0 Å². The van der Waals surface area contributed by atoms with Crippen LogP contribution in [0.25, 0.3) is 10.6 Å². The first-order valence-corrected chi connectivity index (χ1v) is 8.60. The molecule has 3 rings (SSSR count). The lowest BCUT2D eigenvalue weighted by molar-refractivity contribution is 0.0955. The Balaban J connectivity index is 1.62. The van der Waals surface area contributed by atoms with Gasteiger partial charge in [-0.05, 0) is 36.4 Å². The molecule has 5 nitrogen and oxygen atoms in total. The number of nitrogens with one attached hydrogen (secondary N) is 1. The molecule has 0 aliphatic carbocycles. The maximum atomic E-state index is 12.0. The number of ether oxygens (including phenoxy) is 1. The Morgan fingerprint density at radius 2 is 1.92 bits per heavy atom. The number of thiazole rings is 1. The molecule has 126 valence electrons. The number of aromatic nitrogens is 1. The van der Waals surface area contributed by atoms with Gasteiger partial charge in [0.15, 0.2) is 0 Å². The highest BCUT2D eigenvalue weighted by atomic mass is 35.5. The van der Waals surface area contributed by atoms with E-state index in [0.29, 0.717) is 22.0 Å². The van der Waals surface area contributed by atoms with Crippen LogP contribution in [0, 0.1) is 0 Å². The molecule has 0 saturated heterocycles. The lowest BCUT2D eigenvalue weighted by atomic mass is 10.2. The first-order valence-electron chi connectivity index (χ1n) is 7.34. The highest BCUT2D eigenvalue weighted by Gasteiger charge is 2.05. The molecule has 2 aromatic carbocycles. The number of hydrazone groups is 1. The van der Waals surface area contributed by atoms with Crippen LogP contribution < -0.4 is 10.2 Å². The Morgan fingerprint density at radius 1 is 1.20 bits per heavy atom. The van der Waals surface area contributed by atoms with Gasteiger partial charge >= 0.3 is 0 Å². The smallest absolute Gasteiger partial charge is 0.271 e. The van der Waals surface area contributed by atoms with Crippen molar-refractivity contribution in [1.29, 1.82) is 0 Å². The van der Waals surface area contributed by atoms with Crippen LogP contribution in [0.5, 0.6) is 5.75 Å². The van der Waals surface area contributed by atoms with Crippen molar-refractivity contribution in [2.45, 2.75) is 0 Å². The van der Waals surface area contributed by atoms with Crippen LogP contribution in [-0.2, 0) is 0 Å². The van der Waals surface area contributed by atoms with E-state index in [2.05, 4.69) is 15.5 Å². The van der Waals surface area contributed by atoms with E-state index in [9.17, 15) is 4.79 Å². The molecule has 0 saturated carbocycles. The van der Waals surface area contributed by atoms with Crippen molar-refractivity contribution >= 4 is 35.1 Å². The minimum atomic E-state index is -0.299. The van der Waals surface area contributed by atoms with Gasteiger partial charge in [0.1, 0.15) is 10.8 Å². The van der Waals surface area contributed by atoms with Crippen LogP contribution in [0.3, 0.4) is 0 Å². The summed E-state index contributed by atoms with van der Waals surface area (Å²) in [6.07, 6.45) is 1.51. The van der Waals surface area contributed by atoms with Crippen molar-refractivity contribution in [1.82, 2.24) is 10.4 Å². The molecule has 0 radical (unpaired) electrons. The van der Waals surface area contributed by atoms with Gasteiger partial charge in [-0.25, -0.2) is 10.4 Å². The molecule has 7 heteroatoms. The van der Waals surface area contributed by atoms with Crippen LogP contribution in [0.4, 0.5) is 0 Å². The minimum absolute atomic E-state index is 0.299. The van der Waals surface area contributed by atoms with Crippen molar-refractivity contribution < 1.29 is 9.53 Å². The molecular formula is C18H14ClN3O2S. The van der Waals surface area contributed by atoms with Crippen LogP contribution in [0.1, 0.15) is 16.1 Å². The number of hydrogen-bond donors (Lipinski definition) is 1. The second-order valence-corrected chi connectivity index (χ2v) is 6.31. The van der Waals surface area contributed by atoms with Gasteiger partial charge in [-0.15, -0.1) is 11.3 Å². The van der Waals surface area contributed by atoms with Crippen molar-refractivity contribution in [3.63, 3.8) is 0 Å². The number of benzene rings is 2. The molecule has 1 heterocycles. The standard InChI is InChI=1S/C18H14ClN3O2S/c1-24-16-8-4-12(5-9-16)17(23)22-20-10-15-11-25-18(21-15)13-2-6-14(19)7-3-13/h2-11H,1H3,(H,22,23)/b20-10-. The second kappa shape index (κ2) is 7.92. The summed E-state index contributed by atoms with van der Waals surface area (Å²) >= 11 is 7.38. The molecule has 1 N–H and O–H groups in total. The second-order valence-electron chi connectivity index (χ2n) is 5.01. The Hall–Kier alpha value is -2.70. The summed E-state index contributed by atoms with van der Waals surface area (Å²) in [7, 11) is 1.57. The van der Waals surface area contributed by atoms with E-state index in [-0.39, 0.29) is 5.91 Å². The zero-order valence-electron chi connectivity index (χ0n) is 13.3. The average molecular weight is 372 g/mol. The number of nitrogens with zero attached hydrogens (tertiary/aromatic N) is 2. The first kappa shape index (κ1) is 17.1. The molecule has 0 aliphatic heterocycles. The number of halogens is 1. The van der Waals surface area contributed by atoms with E-state index in [1.165, 1.54) is 17.6 Å². The fourth-order valence-corrected chi connectivity index (χ4v) is 2.94. The Labute approximate surface area is 153 Å². The zero-order valence-corrected chi connectivity index (χ0v) is 14.8. The van der Waals surface area contributed by atoms with Crippen LogP contribution >= 0.6 is 22.9 Å². The summed E-state index contributed by atoms with van der Waals surface area (Å²) in [4.78, 5) is 16.5. The summed E-state index contributed by atoms with van der Waals surface area (Å²) in [6, 6.07) is 14.2. The highest BCUT2D eigenvalue weighted by Crippen LogP contribution is 2.24. The fraction of sp³-hybridized carbons (Fsp3) is 0.0556. The maximum Gasteiger partial charge on any atom is 0.271 e. The van der Waals surface area contributed by atoms with Crippen molar-refractivity contribution in [2.24, 2.45) is 5.10 Å². The zero-order chi connectivity index (χ0) is 17.6. The van der Waals surface area contributed by atoms with Gasteiger partial charge in [0, 0.05) is 21.5 Å². The molecule has 0 spiro atoms. The van der Waals surface area contributed by atoms with Gasteiger partial charge in [-0.3, -0.25) is 4.79 Å². The monoisotopic (exact) mass is 371 g/mol. The summed E-state index contributed by atoms with van der Waals surface area (Å²) in [5.74, 6) is 0.393. The van der Waals surface area contributed by atoms with Crippen LogP contribution in [0.2, 0.25) is 5.02 Å². The van der Waals surface area contributed by atoms with Crippen molar-refractivity contribution in [3.8, 4) is 16.3 Å². The third-order valence-electron chi connectivity index (χ3n) is 3.33. The van der Waals surface area contributed by atoms with Gasteiger partial charge in [-0.1, -0.05) is 23.7 Å². The molecule has 0 atom stereocenters. The topological polar surface area (TPSA) is 63.6 Å². The minimum Gasteiger partial charge on any atom is -0.497 e. The third kappa shape index (κ3) is 4.43. The highest BCUT2D eigenvalue weighted by molar-refractivity contribution is 7.13. The Bertz CT molecular complexity index is 889. The normalized spacial score (nSPS) is 10.8. The molecule has 1 amide bonds. The molecule has 0 aliphatic rings. The predicted molar refractivity (Wildman–Crippen MR) is 101 cm³/mol. The number of carbonyl (C=O) groups is 1. The number of amides is 1. The summed E-state index contributed by atoms with van der Waals surface area (Å²) < 4.78 is 5.06. The van der Waals surface area contributed by atoms with E-state index >= 15 is 0 Å². The number of hydrogen-bond acceptors (Lipinski definition) is 5. The Morgan fingerprint density at radius 3 is 2.60 bits per heavy atom. The lowest BCUT2D eigenvalue weighted by Gasteiger charge is -2.01. The molecule has 0 fully saturated rings. The van der Waals surface area contributed by atoms with E-state index in [1.807, 2.05) is 29.6 Å². The first-order chi connectivity index (χ1) is 12.2. The molecule has 0 bridgehead atoms. The van der Waals surface area contributed by atoms with E-state index in [1.54, 1.807) is 31.4 Å². The third-order valence-corrected chi connectivity index (χ3v) is 4.49. The molecule has 25 heavy (non-hydrogen) atoms. The van der Waals surface area contributed by atoms with Gasteiger partial charge in [-0.2, -0.15) is 5.10 Å². The Kier molecular flexibility index (Phi) is 5.42. The van der Waals surface area contributed by atoms with Gasteiger partial charge in [0.2, 0.25) is 0 Å². The van der Waals surface area contributed by atoms with Gasteiger partial charge < -0.3 is 4.74 Å². The summed E-state index contributed by atoms with van der Waals surface area (Å²) in [5, 5.41) is 7.36. The fourth-order valence-electron chi connectivity index (χ4n) is 2.03. The van der Waals surface area contributed by atoms with Crippen molar-refractivity contribution in [2.75, 3.05) is 7.11 Å². The SMILES string of the molecule is COc1ccc(C(=O)N/N=C\c2csc(-c3ccc(Cl)cc3)n2)cc1. The van der Waals surface area contributed by atoms with E-state index in [0.717, 1.165) is 10.6 Å². The van der Waals surface area contributed by atoms with Gasteiger partial charge in [0.25, 0.3) is 5.91 Å². The largest absolute Gasteiger partial charge is 0.497 e. The average Bonchev–Trinajstić information content (AvgIpc) is 3.11. The number of carbonyl (C=O) groups excluding carboxylic acids is 1. The quantitative estimate of drug-likeness (QED) is 0.539. The number of methoxy groups -OCH3 is 1. The molecule has 0 unspecified atom stereocenters. The van der Waals surface area contributed by atoms with Crippen LogP contribution in [0.15, 0.2) is 59.0 Å². The van der Waals surface area contributed by atoms with Crippen molar-refractivity contribution in [3.05, 3.63) is 70.2 Å². The van der Waals surface area contributed by atoms with E-state index in [4.69, 9.17) is 16.3 Å². The van der Waals surface area contributed by atoms with Gasteiger partial charge in [0.05, 0.1) is 19.0 Å². The lowest BCUT2D eigenvalue weighted by Crippen LogP contribution is -2.17. The maximum absolute atomic E-state index is 12.0. The van der Waals surface area contributed by atoms with Crippen LogP contribution in [-0.4, -0.2) is 24.2 Å². The molecule has 1 aromatic heterocycles.